The van der Waals surface area contributed by atoms with Crippen molar-refractivity contribution in [3.63, 3.8) is 0 Å². The summed E-state index contributed by atoms with van der Waals surface area (Å²) in [5, 5.41) is 43.2. The third-order valence-electron chi connectivity index (χ3n) is 6.94. The van der Waals surface area contributed by atoms with Crippen molar-refractivity contribution in [2.45, 2.75) is 63.3 Å². The van der Waals surface area contributed by atoms with E-state index in [1.54, 1.807) is 0 Å². The molecule has 30 heavy (non-hydrogen) atoms. The van der Waals surface area contributed by atoms with Gasteiger partial charge in [0.15, 0.2) is 6.29 Å². The minimum Gasteiger partial charge on any atom is -0.394 e. The molecule has 1 heterocycles. The second-order valence-corrected chi connectivity index (χ2v) is 8.86. The van der Waals surface area contributed by atoms with Crippen LogP contribution in [0.25, 0.3) is 0 Å². The Morgan fingerprint density at radius 2 is 1.50 bits per heavy atom. The van der Waals surface area contributed by atoms with Gasteiger partial charge < -0.3 is 29.9 Å². The third kappa shape index (κ3) is 3.02. The van der Waals surface area contributed by atoms with Crippen molar-refractivity contribution in [3.8, 4) is 0 Å². The first kappa shape index (κ1) is 21.4. The van der Waals surface area contributed by atoms with Crippen LogP contribution < -0.4 is 0 Å². The smallest absolute Gasteiger partial charge is 0.184 e. The Hall–Kier alpha value is -1.80. The fraction of sp³-hybridized carbons (Fsp3) is 0.500. The quantitative estimate of drug-likeness (QED) is 0.610. The first-order valence-corrected chi connectivity index (χ1v) is 10.3. The van der Waals surface area contributed by atoms with Gasteiger partial charge in [0.1, 0.15) is 23.4 Å². The molecule has 2 aromatic carbocycles. The number of aliphatic hydroxyl groups is 4. The maximum Gasteiger partial charge on any atom is 0.184 e. The average Bonchev–Trinajstić information content (AvgIpc) is 2.72. The van der Waals surface area contributed by atoms with Gasteiger partial charge in [-0.15, -0.1) is 0 Å². The van der Waals surface area contributed by atoms with E-state index in [4.69, 9.17) is 9.47 Å². The molecule has 2 fully saturated rings. The molecule has 2 aromatic rings. The van der Waals surface area contributed by atoms with E-state index in [1.807, 2.05) is 64.1 Å². The molecule has 4 rings (SSSR count). The number of benzene rings is 2. The molecular weight excluding hydrogens is 384 g/mol. The largest absolute Gasteiger partial charge is 0.394 e. The molecule has 6 heteroatoms. The van der Waals surface area contributed by atoms with E-state index >= 15 is 0 Å². The van der Waals surface area contributed by atoms with Crippen LogP contribution in [0.15, 0.2) is 36.4 Å². The molecule has 0 radical (unpaired) electrons. The zero-order valence-electron chi connectivity index (χ0n) is 17.8. The van der Waals surface area contributed by atoms with Crippen molar-refractivity contribution in [2.75, 3.05) is 13.2 Å². The number of fused-ring (bicyclic) bond motifs is 1. The zero-order valence-corrected chi connectivity index (χ0v) is 17.8. The fourth-order valence-corrected chi connectivity index (χ4v) is 4.86. The van der Waals surface area contributed by atoms with E-state index in [0.717, 1.165) is 27.8 Å². The monoisotopic (exact) mass is 414 g/mol. The fourth-order valence-electron chi connectivity index (χ4n) is 4.86. The van der Waals surface area contributed by atoms with Gasteiger partial charge in [-0.1, -0.05) is 36.4 Å². The lowest BCUT2D eigenvalue weighted by Gasteiger charge is -2.66. The highest BCUT2D eigenvalue weighted by Gasteiger charge is 2.76. The summed E-state index contributed by atoms with van der Waals surface area (Å²) in [4.78, 5) is 0. The van der Waals surface area contributed by atoms with Gasteiger partial charge in [-0.3, -0.25) is 0 Å². The number of hydrogen-bond acceptors (Lipinski definition) is 6. The van der Waals surface area contributed by atoms with E-state index in [-0.39, 0.29) is 6.61 Å². The number of hydrogen-bond donors (Lipinski definition) is 4. The molecule has 1 saturated carbocycles. The van der Waals surface area contributed by atoms with Crippen molar-refractivity contribution in [3.05, 3.63) is 69.8 Å². The minimum absolute atomic E-state index is 0.0622. The maximum atomic E-state index is 11.5. The van der Waals surface area contributed by atoms with E-state index in [2.05, 4.69) is 0 Å². The summed E-state index contributed by atoms with van der Waals surface area (Å²) in [6.07, 6.45) is -3.38. The highest BCUT2D eigenvalue weighted by atomic mass is 16.7. The summed E-state index contributed by atoms with van der Waals surface area (Å²) < 4.78 is 11.9. The summed E-state index contributed by atoms with van der Waals surface area (Å²) in [6, 6.07) is 11.4. The summed E-state index contributed by atoms with van der Waals surface area (Å²) in [7, 11) is 0. The highest BCUT2D eigenvalue weighted by Crippen LogP contribution is 2.60. The molecule has 1 aliphatic heterocycles. The summed E-state index contributed by atoms with van der Waals surface area (Å²) >= 11 is 0. The molecule has 0 bridgehead atoms. The Morgan fingerprint density at radius 1 is 0.933 bits per heavy atom. The van der Waals surface area contributed by atoms with Crippen molar-refractivity contribution >= 4 is 0 Å². The lowest BCUT2D eigenvalue weighted by molar-refractivity contribution is -0.410. The second-order valence-electron chi connectivity index (χ2n) is 8.86. The van der Waals surface area contributed by atoms with Gasteiger partial charge in [-0.25, -0.2) is 0 Å². The van der Waals surface area contributed by atoms with Crippen LogP contribution in [0.2, 0.25) is 0 Å². The molecule has 2 unspecified atom stereocenters. The van der Waals surface area contributed by atoms with Gasteiger partial charge in [0.05, 0.1) is 19.1 Å². The summed E-state index contributed by atoms with van der Waals surface area (Å²) in [5.41, 5.74) is 2.36. The minimum atomic E-state index is -1.85. The van der Waals surface area contributed by atoms with E-state index < -0.39 is 42.2 Å². The van der Waals surface area contributed by atoms with Crippen LogP contribution in [0.5, 0.6) is 0 Å². The highest BCUT2D eigenvalue weighted by molar-refractivity contribution is 5.43. The van der Waals surface area contributed by atoms with Gasteiger partial charge in [-0.05, 0) is 55.5 Å². The molecule has 2 aliphatic rings. The third-order valence-corrected chi connectivity index (χ3v) is 6.94. The van der Waals surface area contributed by atoms with Gasteiger partial charge in [-0.2, -0.15) is 0 Å². The Bertz CT molecular complexity index is 959. The molecule has 6 atom stereocenters. The van der Waals surface area contributed by atoms with Crippen molar-refractivity contribution in [2.24, 2.45) is 0 Å². The molecular formula is C24H30O6. The molecule has 1 saturated heterocycles. The van der Waals surface area contributed by atoms with Crippen LogP contribution in [0.4, 0.5) is 0 Å². The van der Waals surface area contributed by atoms with Crippen molar-refractivity contribution < 1.29 is 29.9 Å². The number of rotatable bonds is 4. The van der Waals surface area contributed by atoms with Crippen LogP contribution >= 0.6 is 0 Å². The van der Waals surface area contributed by atoms with Crippen LogP contribution in [0.1, 0.15) is 45.6 Å². The first-order chi connectivity index (χ1) is 14.1. The summed E-state index contributed by atoms with van der Waals surface area (Å²) in [6.45, 7) is 7.22. The standard InChI is InChI=1S/C24H30O6/c1-13-5-7-17(9-15(13)3)20-23(27)12-29-21(18-8-6-14(2)16(4)10-18)30-22(23)24(20,28)19(26)11-25/h5-10,19-22,25-28H,11-12H2,1-4H3/t19-,20?,21?,22-,23-,24+/m1/s1. The molecule has 0 aromatic heterocycles. The van der Waals surface area contributed by atoms with Crippen molar-refractivity contribution in [1.82, 2.24) is 0 Å². The molecule has 6 nitrogen and oxygen atoms in total. The Labute approximate surface area is 176 Å². The number of aliphatic hydroxyl groups excluding tert-OH is 2. The van der Waals surface area contributed by atoms with Gasteiger partial charge >= 0.3 is 0 Å². The summed E-state index contributed by atoms with van der Waals surface area (Å²) in [5.74, 6) is -0.864. The van der Waals surface area contributed by atoms with Crippen LogP contribution in [0, 0.1) is 27.7 Å². The van der Waals surface area contributed by atoms with Gasteiger partial charge in [0.25, 0.3) is 0 Å². The van der Waals surface area contributed by atoms with Crippen LogP contribution in [-0.2, 0) is 9.47 Å². The SMILES string of the molecule is Cc1ccc(C2OC[C@@]3(O)C(c4ccc(C)c(C)c4)[C@@](O)([C@H](O)CO)[C@@H]3O2)cc1C. The number of aryl methyl sites for hydroxylation is 4. The predicted octanol–water partition coefficient (Wildman–Crippen LogP) is 1.95. The predicted molar refractivity (Wildman–Crippen MR) is 111 cm³/mol. The normalized spacial score (nSPS) is 34.2. The topological polar surface area (TPSA) is 99.4 Å². The molecule has 1 aliphatic carbocycles. The molecule has 0 spiro atoms. The maximum absolute atomic E-state index is 11.5. The molecule has 4 N–H and O–H groups in total. The van der Waals surface area contributed by atoms with E-state index in [9.17, 15) is 20.4 Å². The average molecular weight is 414 g/mol. The second kappa shape index (κ2) is 7.41. The molecule has 162 valence electrons. The van der Waals surface area contributed by atoms with Crippen LogP contribution in [-0.4, -0.2) is 57.0 Å². The number of ether oxygens (including phenoxy) is 2. The molecule has 0 amide bonds. The zero-order chi connectivity index (χ0) is 21.8. The Balaban J connectivity index is 1.71. The first-order valence-electron chi connectivity index (χ1n) is 10.3. The Kier molecular flexibility index (Phi) is 5.29. The van der Waals surface area contributed by atoms with Gasteiger partial charge in [0, 0.05) is 5.56 Å². The van der Waals surface area contributed by atoms with Crippen molar-refractivity contribution in [1.29, 1.82) is 0 Å². The lowest BCUT2D eigenvalue weighted by Crippen LogP contribution is -2.83. The lowest BCUT2D eigenvalue weighted by atomic mass is 9.51. The van der Waals surface area contributed by atoms with Gasteiger partial charge in [0.2, 0.25) is 0 Å². The van der Waals surface area contributed by atoms with Crippen LogP contribution in [0.3, 0.4) is 0 Å². The van der Waals surface area contributed by atoms with E-state index in [0.29, 0.717) is 5.56 Å². The Morgan fingerprint density at radius 3 is 2.07 bits per heavy atom. The van der Waals surface area contributed by atoms with E-state index in [1.165, 1.54) is 0 Å².